The lowest BCUT2D eigenvalue weighted by atomic mass is 10.3. The van der Waals surface area contributed by atoms with Crippen LogP contribution in [0.15, 0.2) is 0 Å². The lowest BCUT2D eigenvalue weighted by molar-refractivity contribution is -0.137. The standard InChI is InChI=1S/C16H36O5SSi2/c1-8-23(9-2,10-3)16(7,24(11-4,12-5)13-6)14(15(17)18)22(19,20)21/h14H,8-13H2,1-7H3,(H,17,18)(H,19,20,21). The normalized spacial score (nSPS) is 15.3. The molecular weight excluding hydrogens is 360 g/mol. The van der Waals surface area contributed by atoms with Crippen molar-refractivity contribution >= 4 is 32.2 Å². The molecule has 0 spiro atoms. The van der Waals surface area contributed by atoms with Crippen LogP contribution in [0.25, 0.3) is 0 Å². The predicted octanol–water partition coefficient (Wildman–Crippen LogP) is 4.64. The molecule has 1 atom stereocenters. The molecule has 0 saturated carbocycles. The van der Waals surface area contributed by atoms with E-state index in [1.807, 2.05) is 6.92 Å². The molecular formula is C16H36O5SSi2. The van der Waals surface area contributed by atoms with E-state index < -0.39 is 42.1 Å². The van der Waals surface area contributed by atoms with Crippen LogP contribution in [0.3, 0.4) is 0 Å². The summed E-state index contributed by atoms with van der Waals surface area (Å²) in [7, 11) is -9.21. The van der Waals surface area contributed by atoms with E-state index in [1.54, 1.807) is 0 Å². The summed E-state index contributed by atoms with van der Waals surface area (Å²) >= 11 is 0. The van der Waals surface area contributed by atoms with E-state index in [-0.39, 0.29) is 0 Å². The van der Waals surface area contributed by atoms with Gasteiger partial charge in [0.15, 0.2) is 5.25 Å². The topological polar surface area (TPSA) is 91.7 Å². The van der Waals surface area contributed by atoms with Gasteiger partial charge in [-0.25, -0.2) is 0 Å². The molecule has 2 N–H and O–H groups in total. The molecule has 0 bridgehead atoms. The Morgan fingerprint density at radius 1 is 0.875 bits per heavy atom. The van der Waals surface area contributed by atoms with Gasteiger partial charge < -0.3 is 5.11 Å². The van der Waals surface area contributed by atoms with Crippen LogP contribution in [0.5, 0.6) is 0 Å². The van der Waals surface area contributed by atoms with Crippen LogP contribution in [0.4, 0.5) is 0 Å². The van der Waals surface area contributed by atoms with Crippen molar-refractivity contribution in [3.8, 4) is 0 Å². The van der Waals surface area contributed by atoms with Crippen molar-refractivity contribution in [1.82, 2.24) is 0 Å². The summed E-state index contributed by atoms with van der Waals surface area (Å²) in [6, 6.07) is 5.03. The Kier molecular flexibility index (Phi) is 8.40. The van der Waals surface area contributed by atoms with Crippen LogP contribution >= 0.6 is 0 Å². The van der Waals surface area contributed by atoms with Gasteiger partial charge in [-0.3, -0.25) is 9.35 Å². The Morgan fingerprint density at radius 2 is 1.12 bits per heavy atom. The first kappa shape index (κ1) is 23.8. The molecule has 8 heteroatoms. The summed E-state index contributed by atoms with van der Waals surface area (Å²) in [4.78, 5) is 12.1. The molecule has 1 unspecified atom stereocenters. The van der Waals surface area contributed by atoms with Crippen LogP contribution in [-0.2, 0) is 14.9 Å². The van der Waals surface area contributed by atoms with Crippen molar-refractivity contribution in [3.05, 3.63) is 0 Å². The zero-order valence-corrected chi connectivity index (χ0v) is 19.2. The highest BCUT2D eigenvalue weighted by Gasteiger charge is 2.66. The van der Waals surface area contributed by atoms with Crippen LogP contribution in [0, 0.1) is 0 Å². The zero-order valence-electron chi connectivity index (χ0n) is 16.3. The summed E-state index contributed by atoms with van der Waals surface area (Å²) in [6.45, 7) is 14.3. The van der Waals surface area contributed by atoms with Gasteiger partial charge in [-0.15, -0.1) is 0 Å². The minimum absolute atomic E-state index is 0.810. The summed E-state index contributed by atoms with van der Waals surface area (Å²) in [6.07, 6.45) is 0. The fraction of sp³-hybridized carbons (Fsp3) is 0.938. The molecule has 0 aliphatic carbocycles. The largest absolute Gasteiger partial charge is 0.480 e. The van der Waals surface area contributed by atoms with Crippen LogP contribution in [-0.4, -0.2) is 45.4 Å². The fourth-order valence-corrected chi connectivity index (χ4v) is 25.2. The molecule has 0 aliphatic rings. The lowest BCUT2D eigenvalue weighted by Gasteiger charge is -2.58. The van der Waals surface area contributed by atoms with Gasteiger partial charge in [-0.1, -0.05) is 84.7 Å². The van der Waals surface area contributed by atoms with E-state index in [1.165, 1.54) is 0 Å². The maximum Gasteiger partial charge on any atom is 0.324 e. The molecule has 0 saturated heterocycles. The molecule has 0 amide bonds. The minimum Gasteiger partial charge on any atom is -0.480 e. The van der Waals surface area contributed by atoms with Gasteiger partial charge in [-0.2, -0.15) is 8.42 Å². The smallest absolute Gasteiger partial charge is 0.324 e. The van der Waals surface area contributed by atoms with Gasteiger partial charge in [0.05, 0.1) is 16.1 Å². The molecule has 0 fully saturated rings. The van der Waals surface area contributed by atoms with Gasteiger partial charge in [-0.05, 0) is 4.66 Å². The zero-order chi connectivity index (χ0) is 19.4. The second kappa shape index (κ2) is 8.46. The first-order valence-corrected chi connectivity index (χ1v) is 15.9. The SMILES string of the molecule is CC[Si](CC)(CC)C(C)(C(C(=O)O)S(=O)(=O)O)[Si](CC)(CC)CC. The highest BCUT2D eigenvalue weighted by Crippen LogP contribution is 2.59. The Balaban J connectivity index is 7.12. The molecule has 0 aromatic carbocycles. The Hall–Kier alpha value is -0.186. The third-order valence-corrected chi connectivity index (χ3v) is 25.3. The van der Waals surface area contributed by atoms with E-state index in [2.05, 4.69) is 41.5 Å². The minimum atomic E-state index is -4.68. The Bertz CT molecular complexity index is 488. The van der Waals surface area contributed by atoms with Crippen molar-refractivity contribution in [2.45, 2.75) is 94.6 Å². The third kappa shape index (κ3) is 3.52. The summed E-state index contributed by atoms with van der Waals surface area (Å²) in [5.41, 5.74) is 0. The van der Waals surface area contributed by atoms with Crippen molar-refractivity contribution in [2.24, 2.45) is 0 Å². The van der Waals surface area contributed by atoms with Crippen molar-refractivity contribution in [3.63, 3.8) is 0 Å². The Morgan fingerprint density at radius 3 is 1.25 bits per heavy atom. The van der Waals surface area contributed by atoms with Crippen LogP contribution < -0.4 is 0 Å². The Labute approximate surface area is 150 Å². The molecule has 0 aromatic rings. The highest BCUT2D eigenvalue weighted by molar-refractivity contribution is 7.87. The molecule has 0 heterocycles. The number of carboxylic acid groups (broad SMARTS) is 1. The average Bonchev–Trinajstić information content (AvgIpc) is 2.49. The van der Waals surface area contributed by atoms with Gasteiger partial charge >= 0.3 is 5.97 Å². The average molecular weight is 397 g/mol. The van der Waals surface area contributed by atoms with E-state index in [4.69, 9.17) is 0 Å². The molecule has 24 heavy (non-hydrogen) atoms. The first-order valence-electron chi connectivity index (χ1n) is 9.12. The van der Waals surface area contributed by atoms with Gasteiger partial charge in [0.2, 0.25) is 0 Å². The number of hydrogen-bond donors (Lipinski definition) is 2. The van der Waals surface area contributed by atoms with Gasteiger partial charge in [0.1, 0.15) is 0 Å². The maximum atomic E-state index is 12.2. The quantitative estimate of drug-likeness (QED) is 0.392. The van der Waals surface area contributed by atoms with Gasteiger partial charge in [0, 0.05) is 0 Å². The molecule has 0 aliphatic heterocycles. The van der Waals surface area contributed by atoms with Gasteiger partial charge in [0.25, 0.3) is 10.1 Å². The maximum absolute atomic E-state index is 12.2. The predicted molar refractivity (Wildman–Crippen MR) is 106 cm³/mol. The molecule has 144 valence electrons. The number of carboxylic acids is 1. The van der Waals surface area contributed by atoms with E-state index in [0.717, 1.165) is 36.3 Å². The summed E-state index contributed by atoms with van der Waals surface area (Å²) < 4.78 is 33.6. The number of rotatable bonds is 11. The molecule has 5 nitrogen and oxygen atoms in total. The lowest BCUT2D eigenvalue weighted by Crippen LogP contribution is -2.67. The second-order valence-electron chi connectivity index (χ2n) is 7.12. The van der Waals surface area contributed by atoms with Crippen molar-refractivity contribution in [2.75, 3.05) is 0 Å². The number of hydrogen-bond acceptors (Lipinski definition) is 3. The molecule has 0 radical (unpaired) electrons. The van der Waals surface area contributed by atoms with E-state index >= 15 is 0 Å². The number of carbonyl (C=O) groups is 1. The van der Waals surface area contributed by atoms with E-state index in [0.29, 0.717) is 0 Å². The van der Waals surface area contributed by atoms with E-state index in [9.17, 15) is 22.9 Å². The summed E-state index contributed by atoms with van der Waals surface area (Å²) in [5, 5.41) is 8.14. The number of aliphatic carboxylic acids is 1. The van der Waals surface area contributed by atoms with Crippen LogP contribution in [0.1, 0.15) is 48.5 Å². The molecule has 0 rings (SSSR count). The van der Waals surface area contributed by atoms with Crippen molar-refractivity contribution in [1.29, 1.82) is 0 Å². The second-order valence-corrected chi connectivity index (χ2v) is 20.6. The highest BCUT2D eigenvalue weighted by atomic mass is 32.2. The van der Waals surface area contributed by atoms with Crippen LogP contribution in [0.2, 0.25) is 40.9 Å². The third-order valence-electron chi connectivity index (χ3n) is 7.31. The molecule has 0 aromatic heterocycles. The first-order chi connectivity index (χ1) is 10.9. The van der Waals surface area contributed by atoms with Crippen molar-refractivity contribution < 1.29 is 22.9 Å². The summed E-state index contributed by atoms with van der Waals surface area (Å²) in [5.74, 6) is -1.39. The fourth-order valence-electron chi connectivity index (χ4n) is 5.49. The monoisotopic (exact) mass is 396 g/mol.